The van der Waals surface area contributed by atoms with Crippen molar-refractivity contribution in [1.82, 2.24) is 31.5 Å². The third-order valence-corrected chi connectivity index (χ3v) is 9.71. The molecular weight excluding hydrogens is 751 g/mol. The maximum absolute atomic E-state index is 14.1. The van der Waals surface area contributed by atoms with Gasteiger partial charge in [0.2, 0.25) is 35.4 Å². The van der Waals surface area contributed by atoms with Gasteiger partial charge in [-0.05, 0) is 75.5 Å². The highest BCUT2D eigenvalue weighted by atomic mass is 32.2. The number of carbonyl (C=O) groups excluding carboxylic acids is 7. The summed E-state index contributed by atoms with van der Waals surface area (Å²) in [6.07, 6.45) is 2.95. The van der Waals surface area contributed by atoms with E-state index in [4.69, 9.17) is 10.5 Å². The number of nitrogens with zero attached hydrogens (tertiary/aromatic N) is 1. The molecular formula is C41H59N7O8S. The lowest BCUT2D eigenvalue weighted by Gasteiger charge is -2.29. The van der Waals surface area contributed by atoms with E-state index in [-0.39, 0.29) is 25.2 Å². The van der Waals surface area contributed by atoms with Gasteiger partial charge in [0, 0.05) is 19.4 Å². The molecule has 57 heavy (non-hydrogen) atoms. The van der Waals surface area contributed by atoms with E-state index in [1.807, 2.05) is 44.4 Å². The molecule has 0 bridgehead atoms. The average molecular weight is 810 g/mol. The molecule has 1 aliphatic rings. The van der Waals surface area contributed by atoms with Crippen molar-refractivity contribution in [2.75, 3.05) is 25.1 Å². The quantitative estimate of drug-likeness (QED) is 0.115. The minimum Gasteiger partial charge on any atom is -0.444 e. The number of nitrogens with one attached hydrogen (secondary N) is 5. The molecule has 1 fully saturated rings. The molecule has 312 valence electrons. The highest BCUT2D eigenvalue weighted by molar-refractivity contribution is 7.98. The molecule has 16 heteroatoms. The van der Waals surface area contributed by atoms with Crippen LogP contribution in [0.1, 0.15) is 71.4 Å². The van der Waals surface area contributed by atoms with E-state index in [2.05, 4.69) is 26.6 Å². The van der Waals surface area contributed by atoms with Crippen molar-refractivity contribution < 1.29 is 38.3 Å². The number of likely N-dealkylation sites (tertiary alicyclic amines) is 1. The molecule has 7 amide bonds. The first-order chi connectivity index (χ1) is 27.0. The first-order valence-corrected chi connectivity index (χ1v) is 20.7. The molecule has 2 aromatic rings. The van der Waals surface area contributed by atoms with Crippen molar-refractivity contribution in [1.29, 1.82) is 0 Å². The second-order valence-electron chi connectivity index (χ2n) is 15.5. The van der Waals surface area contributed by atoms with Crippen LogP contribution in [0.15, 0.2) is 60.7 Å². The van der Waals surface area contributed by atoms with Crippen LogP contribution in [-0.2, 0) is 46.3 Å². The molecule has 0 unspecified atom stereocenters. The molecule has 1 aliphatic heterocycles. The van der Waals surface area contributed by atoms with Crippen LogP contribution in [0.5, 0.6) is 0 Å². The highest BCUT2D eigenvalue weighted by Gasteiger charge is 2.38. The molecule has 5 atom stereocenters. The van der Waals surface area contributed by atoms with Gasteiger partial charge in [0.25, 0.3) is 0 Å². The molecule has 1 heterocycles. The summed E-state index contributed by atoms with van der Waals surface area (Å²) in [5.41, 5.74) is 6.22. The van der Waals surface area contributed by atoms with Crippen LogP contribution in [0.3, 0.4) is 0 Å². The fourth-order valence-corrected chi connectivity index (χ4v) is 6.74. The molecule has 3 rings (SSSR count). The van der Waals surface area contributed by atoms with E-state index in [1.165, 1.54) is 16.7 Å². The molecule has 7 N–H and O–H groups in total. The number of thioether (sulfide) groups is 1. The van der Waals surface area contributed by atoms with Gasteiger partial charge in [-0.3, -0.25) is 33.7 Å². The number of nitrogens with two attached hydrogens (primary N) is 1. The van der Waals surface area contributed by atoms with Gasteiger partial charge in [-0.2, -0.15) is 11.8 Å². The SMILES string of the molecule is CSCC[C@@H](NC(=O)[C@H](CC(C)C)NC(=O)CNC(=O)[C@H](Cc1ccccc1)NC(=O)[C@H](Cc1ccccc1)NC(=O)[C@@H]1CCCN1C(=O)OC(C)(C)C)C(N)=O. The summed E-state index contributed by atoms with van der Waals surface area (Å²) >= 11 is 1.50. The zero-order valence-electron chi connectivity index (χ0n) is 33.8. The van der Waals surface area contributed by atoms with E-state index in [9.17, 15) is 33.6 Å². The molecule has 0 aromatic heterocycles. The summed E-state index contributed by atoms with van der Waals surface area (Å²) < 4.78 is 5.53. The Morgan fingerprint density at radius 2 is 1.33 bits per heavy atom. The van der Waals surface area contributed by atoms with Gasteiger partial charge in [0.1, 0.15) is 35.8 Å². The smallest absolute Gasteiger partial charge is 0.410 e. The maximum atomic E-state index is 14.1. The van der Waals surface area contributed by atoms with Gasteiger partial charge < -0.3 is 37.1 Å². The van der Waals surface area contributed by atoms with Gasteiger partial charge in [0.15, 0.2) is 0 Å². The molecule has 1 saturated heterocycles. The van der Waals surface area contributed by atoms with Crippen molar-refractivity contribution in [2.45, 2.75) is 109 Å². The van der Waals surface area contributed by atoms with Gasteiger partial charge in [-0.15, -0.1) is 0 Å². The van der Waals surface area contributed by atoms with E-state index < -0.39 is 83.9 Å². The van der Waals surface area contributed by atoms with E-state index >= 15 is 0 Å². The van der Waals surface area contributed by atoms with Crippen LogP contribution in [0.4, 0.5) is 4.79 Å². The predicted octanol–water partition coefficient (Wildman–Crippen LogP) is 2.21. The maximum Gasteiger partial charge on any atom is 0.410 e. The Morgan fingerprint density at radius 3 is 1.86 bits per heavy atom. The third kappa shape index (κ3) is 16.1. The Hall–Kier alpha value is -5.12. The van der Waals surface area contributed by atoms with Crippen molar-refractivity contribution in [2.24, 2.45) is 11.7 Å². The van der Waals surface area contributed by atoms with Crippen LogP contribution >= 0.6 is 11.8 Å². The summed E-state index contributed by atoms with van der Waals surface area (Å²) in [4.78, 5) is 94.3. The number of primary amides is 1. The number of amides is 7. The second-order valence-corrected chi connectivity index (χ2v) is 16.5. The summed E-state index contributed by atoms with van der Waals surface area (Å²) in [5.74, 6) is -3.16. The van der Waals surface area contributed by atoms with Crippen molar-refractivity contribution >= 4 is 53.3 Å². The lowest BCUT2D eigenvalue weighted by molar-refractivity contribution is -0.134. The molecule has 0 spiro atoms. The van der Waals surface area contributed by atoms with Crippen molar-refractivity contribution in [3.63, 3.8) is 0 Å². The Kier molecular flexibility index (Phi) is 18.3. The Labute approximate surface area is 339 Å². The first-order valence-electron chi connectivity index (χ1n) is 19.3. The van der Waals surface area contributed by atoms with Gasteiger partial charge in [0.05, 0.1) is 6.54 Å². The Morgan fingerprint density at radius 1 is 0.789 bits per heavy atom. The molecule has 15 nitrogen and oxygen atoms in total. The molecule has 0 saturated carbocycles. The molecule has 0 aliphatic carbocycles. The Bertz CT molecular complexity index is 1670. The lowest BCUT2D eigenvalue weighted by Crippen LogP contribution is -2.58. The minimum absolute atomic E-state index is 0.00212. The molecule has 2 aromatic carbocycles. The summed E-state index contributed by atoms with van der Waals surface area (Å²) in [5, 5.41) is 13.5. The number of rotatable bonds is 20. The standard InChI is InChI=1S/C41H59N7O8S/c1-26(2)22-30(37(52)45-29(35(42)50)19-21-57-6)44-34(49)25-43-36(51)31(23-27-14-9-7-10-15-27)46-38(53)32(24-28-16-11-8-12-17-28)47-39(54)33-18-13-20-48(33)40(55)56-41(3,4)5/h7-12,14-17,26,29-33H,13,18-25H2,1-6H3,(H2,42,50)(H,43,51)(H,44,49)(H,45,52)(H,46,53)(H,47,54)/t29-,30+,31+,32+,33+/m1/s1. The van der Waals surface area contributed by atoms with E-state index in [0.717, 1.165) is 11.1 Å². The minimum atomic E-state index is -1.17. The van der Waals surface area contributed by atoms with Crippen LogP contribution < -0.4 is 32.3 Å². The number of hydrogen-bond acceptors (Lipinski definition) is 9. The highest BCUT2D eigenvalue weighted by Crippen LogP contribution is 2.21. The zero-order chi connectivity index (χ0) is 42.1. The van der Waals surface area contributed by atoms with Crippen LogP contribution in [0.2, 0.25) is 0 Å². The fraction of sp³-hybridized carbons (Fsp3) is 0.537. The normalized spacial score (nSPS) is 16.1. The van der Waals surface area contributed by atoms with E-state index in [1.54, 1.807) is 57.2 Å². The van der Waals surface area contributed by atoms with Crippen molar-refractivity contribution in [3.05, 3.63) is 71.8 Å². The number of hydrogen-bond donors (Lipinski definition) is 6. The molecule has 0 radical (unpaired) electrons. The largest absolute Gasteiger partial charge is 0.444 e. The topological polar surface area (TPSA) is 218 Å². The predicted molar refractivity (Wildman–Crippen MR) is 219 cm³/mol. The second kappa shape index (κ2) is 22.6. The Balaban J connectivity index is 1.78. The third-order valence-electron chi connectivity index (χ3n) is 9.07. The van der Waals surface area contributed by atoms with Gasteiger partial charge >= 0.3 is 6.09 Å². The number of carbonyl (C=O) groups is 7. The summed E-state index contributed by atoms with van der Waals surface area (Å²) in [6, 6.07) is 13.0. The monoisotopic (exact) mass is 809 g/mol. The first kappa shape index (κ1) is 46.3. The number of benzene rings is 2. The van der Waals surface area contributed by atoms with E-state index in [0.29, 0.717) is 31.6 Å². The van der Waals surface area contributed by atoms with Crippen molar-refractivity contribution in [3.8, 4) is 0 Å². The number of ether oxygens (including phenoxy) is 1. The zero-order valence-corrected chi connectivity index (χ0v) is 34.6. The van der Waals surface area contributed by atoms with Crippen LogP contribution in [0, 0.1) is 5.92 Å². The van der Waals surface area contributed by atoms with Crippen LogP contribution in [0.25, 0.3) is 0 Å². The summed E-state index contributed by atoms with van der Waals surface area (Å²) in [7, 11) is 0. The fourth-order valence-electron chi connectivity index (χ4n) is 6.27. The van der Waals surface area contributed by atoms with Crippen LogP contribution in [-0.4, -0.2) is 107 Å². The summed E-state index contributed by atoms with van der Waals surface area (Å²) in [6.45, 7) is 8.79. The van der Waals surface area contributed by atoms with Gasteiger partial charge in [-0.1, -0.05) is 74.5 Å². The average Bonchev–Trinajstić information content (AvgIpc) is 3.65. The van der Waals surface area contributed by atoms with Gasteiger partial charge in [-0.25, -0.2) is 4.79 Å². The lowest BCUT2D eigenvalue weighted by atomic mass is 10.0.